The zero-order valence-corrected chi connectivity index (χ0v) is 13.2. The van der Waals surface area contributed by atoms with Crippen LogP contribution in [0.5, 0.6) is 11.5 Å². The van der Waals surface area contributed by atoms with Gasteiger partial charge in [-0.3, -0.25) is 4.79 Å². The van der Waals surface area contributed by atoms with Gasteiger partial charge in [-0.1, -0.05) is 25.1 Å². The third kappa shape index (κ3) is 2.86. The van der Waals surface area contributed by atoms with Crippen LogP contribution in [0.3, 0.4) is 0 Å². The fraction of sp³-hybridized carbons (Fsp3) is 0.167. The normalized spacial score (nSPS) is 15.5. The van der Waals surface area contributed by atoms with Crippen molar-refractivity contribution < 1.29 is 15.0 Å². The van der Waals surface area contributed by atoms with Crippen LogP contribution in [-0.2, 0) is 4.79 Å². The van der Waals surface area contributed by atoms with Crippen LogP contribution < -0.4 is 4.90 Å². The molecule has 24 heavy (non-hydrogen) atoms. The van der Waals surface area contributed by atoms with Gasteiger partial charge in [-0.15, -0.1) is 5.10 Å². The first-order chi connectivity index (χ1) is 11.6. The smallest absolute Gasteiger partial charge is 0.279 e. The van der Waals surface area contributed by atoms with Gasteiger partial charge in [0.25, 0.3) is 5.91 Å². The number of hydrogen-bond donors (Lipinski definition) is 2. The summed E-state index contributed by atoms with van der Waals surface area (Å²) in [7, 11) is 0. The van der Waals surface area contributed by atoms with Crippen LogP contribution in [0.15, 0.2) is 52.7 Å². The molecule has 122 valence electrons. The third-order valence-electron chi connectivity index (χ3n) is 3.71. The predicted molar refractivity (Wildman–Crippen MR) is 93.0 cm³/mol. The van der Waals surface area contributed by atoms with Gasteiger partial charge in [-0.05, 0) is 24.6 Å². The molecule has 6 heteroatoms. The van der Waals surface area contributed by atoms with Crippen LogP contribution in [0, 0.1) is 0 Å². The van der Waals surface area contributed by atoms with Crippen LogP contribution in [0.4, 0.5) is 5.69 Å². The predicted octanol–water partition coefficient (Wildman–Crippen LogP) is 2.68. The van der Waals surface area contributed by atoms with E-state index in [1.165, 1.54) is 24.4 Å². The summed E-state index contributed by atoms with van der Waals surface area (Å²) in [5.74, 6) is -0.319. The lowest BCUT2D eigenvalue weighted by molar-refractivity contribution is -0.112. The highest BCUT2D eigenvalue weighted by Gasteiger charge is 2.33. The SMILES string of the molecule is CCCN1C(=O)/C(=N/N=C/c2ccc(O)cc2O)c2ccccc21. The minimum atomic E-state index is -0.176. The average molecular weight is 323 g/mol. The van der Waals surface area contributed by atoms with E-state index in [0.29, 0.717) is 12.1 Å². The number of anilines is 1. The second-order valence-electron chi connectivity index (χ2n) is 5.41. The van der Waals surface area contributed by atoms with Gasteiger partial charge in [0.1, 0.15) is 11.5 Å². The lowest BCUT2D eigenvalue weighted by Crippen LogP contribution is -2.30. The highest BCUT2D eigenvalue weighted by molar-refractivity contribution is 6.54. The molecule has 0 aromatic heterocycles. The Morgan fingerprint density at radius 1 is 1.17 bits per heavy atom. The maximum absolute atomic E-state index is 12.5. The Balaban J connectivity index is 1.92. The first kappa shape index (κ1) is 15.7. The number of rotatable bonds is 4. The quantitative estimate of drug-likeness (QED) is 0.670. The molecule has 1 heterocycles. The molecular formula is C18H17N3O3. The summed E-state index contributed by atoms with van der Waals surface area (Å²) >= 11 is 0. The van der Waals surface area contributed by atoms with E-state index in [4.69, 9.17) is 0 Å². The molecule has 1 amide bonds. The Kier molecular flexibility index (Phi) is 4.29. The summed E-state index contributed by atoms with van der Waals surface area (Å²) in [6.07, 6.45) is 2.19. The molecule has 0 atom stereocenters. The van der Waals surface area contributed by atoms with E-state index in [-0.39, 0.29) is 23.1 Å². The Morgan fingerprint density at radius 3 is 2.71 bits per heavy atom. The number of nitrogens with zero attached hydrogens (tertiary/aromatic N) is 3. The number of amides is 1. The molecule has 1 aliphatic heterocycles. The van der Waals surface area contributed by atoms with Gasteiger partial charge >= 0.3 is 0 Å². The molecule has 0 saturated carbocycles. The molecule has 6 nitrogen and oxygen atoms in total. The summed E-state index contributed by atoms with van der Waals surface area (Å²) < 4.78 is 0. The highest BCUT2D eigenvalue weighted by Crippen LogP contribution is 2.29. The summed E-state index contributed by atoms with van der Waals surface area (Å²) in [4.78, 5) is 14.2. The number of fused-ring (bicyclic) bond motifs is 1. The largest absolute Gasteiger partial charge is 0.508 e. The molecule has 3 rings (SSSR count). The van der Waals surface area contributed by atoms with E-state index >= 15 is 0 Å². The minimum Gasteiger partial charge on any atom is -0.508 e. The number of phenols is 2. The molecule has 0 fully saturated rings. The number of hydrogen-bond acceptors (Lipinski definition) is 5. The summed E-state index contributed by atoms with van der Waals surface area (Å²) in [5, 5.41) is 27.0. The number of para-hydroxylation sites is 1. The molecule has 0 aliphatic carbocycles. The molecule has 2 aromatic carbocycles. The number of phenolic OH excluding ortho intramolecular Hbond substituents is 2. The van der Waals surface area contributed by atoms with Crippen LogP contribution in [-0.4, -0.2) is 34.6 Å². The Bertz CT molecular complexity index is 843. The zero-order valence-electron chi connectivity index (χ0n) is 13.2. The molecule has 0 saturated heterocycles. The molecule has 1 aliphatic rings. The Morgan fingerprint density at radius 2 is 1.96 bits per heavy atom. The van der Waals surface area contributed by atoms with Crippen molar-refractivity contribution in [3.05, 3.63) is 53.6 Å². The molecule has 2 N–H and O–H groups in total. The maximum Gasteiger partial charge on any atom is 0.279 e. The van der Waals surface area contributed by atoms with E-state index in [0.717, 1.165) is 17.7 Å². The van der Waals surface area contributed by atoms with Gasteiger partial charge in [-0.2, -0.15) is 5.10 Å². The molecule has 0 spiro atoms. The number of aromatic hydroxyl groups is 2. The molecule has 2 aromatic rings. The average Bonchev–Trinajstić information content (AvgIpc) is 2.83. The van der Waals surface area contributed by atoms with Crippen molar-refractivity contribution in [1.29, 1.82) is 0 Å². The van der Waals surface area contributed by atoms with Crippen molar-refractivity contribution in [3.8, 4) is 11.5 Å². The van der Waals surface area contributed by atoms with Crippen LogP contribution in [0.25, 0.3) is 0 Å². The minimum absolute atomic E-state index is 0.0360. The lowest BCUT2D eigenvalue weighted by atomic mass is 10.1. The monoisotopic (exact) mass is 323 g/mol. The fourth-order valence-corrected chi connectivity index (χ4v) is 2.59. The van der Waals surface area contributed by atoms with E-state index < -0.39 is 0 Å². The van der Waals surface area contributed by atoms with E-state index in [2.05, 4.69) is 10.2 Å². The molecule has 0 bridgehead atoms. The molecular weight excluding hydrogens is 306 g/mol. The van der Waals surface area contributed by atoms with Gasteiger partial charge in [0.2, 0.25) is 0 Å². The summed E-state index contributed by atoms with van der Waals surface area (Å²) in [6.45, 7) is 2.63. The lowest BCUT2D eigenvalue weighted by Gasteiger charge is -2.14. The van der Waals surface area contributed by atoms with Crippen molar-refractivity contribution in [2.45, 2.75) is 13.3 Å². The van der Waals surface area contributed by atoms with Gasteiger partial charge in [0.15, 0.2) is 5.71 Å². The number of carbonyl (C=O) groups is 1. The first-order valence-corrected chi connectivity index (χ1v) is 7.66. The van der Waals surface area contributed by atoms with Crippen LogP contribution in [0.2, 0.25) is 0 Å². The summed E-state index contributed by atoms with van der Waals surface area (Å²) in [6, 6.07) is 11.6. The summed E-state index contributed by atoms with van der Waals surface area (Å²) in [5.41, 5.74) is 2.28. The Hall–Kier alpha value is -3.15. The van der Waals surface area contributed by atoms with Gasteiger partial charge in [-0.25, -0.2) is 0 Å². The number of benzene rings is 2. The van der Waals surface area contributed by atoms with Gasteiger partial charge in [0.05, 0.1) is 11.9 Å². The second-order valence-corrected chi connectivity index (χ2v) is 5.41. The standard InChI is InChI=1S/C18H17N3O3/c1-2-9-21-15-6-4-3-5-14(15)17(18(21)24)20-19-11-12-7-8-13(22)10-16(12)23/h3-8,10-11,22-23H,2,9H2,1H3/b19-11+,20-17+. The van der Waals surface area contributed by atoms with E-state index in [1.807, 2.05) is 31.2 Å². The van der Waals surface area contributed by atoms with Crippen molar-refractivity contribution in [2.75, 3.05) is 11.4 Å². The van der Waals surface area contributed by atoms with Crippen molar-refractivity contribution in [2.24, 2.45) is 10.2 Å². The zero-order chi connectivity index (χ0) is 17.1. The topological polar surface area (TPSA) is 85.5 Å². The highest BCUT2D eigenvalue weighted by atomic mass is 16.3. The maximum atomic E-state index is 12.5. The van der Waals surface area contributed by atoms with Gasteiger partial charge < -0.3 is 15.1 Å². The molecule has 0 radical (unpaired) electrons. The Labute approximate surface area is 139 Å². The van der Waals surface area contributed by atoms with E-state index in [9.17, 15) is 15.0 Å². The van der Waals surface area contributed by atoms with Crippen molar-refractivity contribution in [1.82, 2.24) is 0 Å². The second kappa shape index (κ2) is 6.54. The molecule has 0 unspecified atom stereocenters. The van der Waals surface area contributed by atoms with Crippen molar-refractivity contribution >= 4 is 23.5 Å². The van der Waals surface area contributed by atoms with E-state index in [1.54, 1.807) is 4.90 Å². The number of carbonyl (C=O) groups excluding carboxylic acids is 1. The van der Waals surface area contributed by atoms with Crippen molar-refractivity contribution in [3.63, 3.8) is 0 Å². The fourth-order valence-electron chi connectivity index (χ4n) is 2.59. The van der Waals surface area contributed by atoms with Crippen LogP contribution in [0.1, 0.15) is 24.5 Å². The van der Waals surface area contributed by atoms with Gasteiger partial charge in [0, 0.05) is 23.7 Å². The third-order valence-corrected chi connectivity index (χ3v) is 3.71. The van der Waals surface area contributed by atoms with Crippen LogP contribution >= 0.6 is 0 Å². The first-order valence-electron chi connectivity index (χ1n) is 7.66.